The van der Waals surface area contributed by atoms with Crippen molar-refractivity contribution in [1.82, 2.24) is 4.31 Å². The fourth-order valence-electron chi connectivity index (χ4n) is 2.78. The third-order valence-corrected chi connectivity index (χ3v) is 6.72. The molecule has 162 valence electrons. The van der Waals surface area contributed by atoms with E-state index in [2.05, 4.69) is 0 Å². The highest BCUT2D eigenvalue weighted by molar-refractivity contribution is 7.89. The predicted molar refractivity (Wildman–Crippen MR) is 114 cm³/mol. The topological polar surface area (TPSA) is 90.0 Å². The van der Waals surface area contributed by atoms with Crippen LogP contribution in [-0.2, 0) is 14.8 Å². The van der Waals surface area contributed by atoms with Crippen molar-refractivity contribution >= 4 is 33.4 Å². The van der Waals surface area contributed by atoms with Crippen LogP contribution in [0.2, 0.25) is 5.02 Å². The Morgan fingerprint density at radius 3 is 2.30 bits per heavy atom. The molecule has 0 aliphatic carbocycles. The van der Waals surface area contributed by atoms with Gasteiger partial charge in [-0.3, -0.25) is 4.79 Å². The Kier molecular flexibility index (Phi) is 8.40. The van der Waals surface area contributed by atoms with Gasteiger partial charge in [0.15, 0.2) is 5.78 Å². The standard InChI is InChI=1S/C21H24ClNO6S/c1-4-23(5-2)30(26,27)16-10-11-19(22)18(14-16)21(25)29-13-12-28-20-9-7-6-8-17(20)15(3)24/h6-11,14H,4-5,12-13H2,1-3H3. The first-order chi connectivity index (χ1) is 14.2. The molecular weight excluding hydrogens is 430 g/mol. The van der Waals surface area contributed by atoms with Gasteiger partial charge in [0.2, 0.25) is 10.0 Å². The molecule has 2 aromatic rings. The number of ketones is 1. The lowest BCUT2D eigenvalue weighted by Crippen LogP contribution is -2.30. The summed E-state index contributed by atoms with van der Waals surface area (Å²) in [6, 6.07) is 10.7. The van der Waals surface area contributed by atoms with Crippen LogP contribution in [0, 0.1) is 0 Å². The highest BCUT2D eigenvalue weighted by atomic mass is 35.5. The molecule has 30 heavy (non-hydrogen) atoms. The van der Waals surface area contributed by atoms with Gasteiger partial charge in [-0.15, -0.1) is 0 Å². The maximum Gasteiger partial charge on any atom is 0.339 e. The van der Waals surface area contributed by atoms with Crippen LogP contribution in [-0.4, -0.2) is 50.8 Å². The van der Waals surface area contributed by atoms with Gasteiger partial charge in [0.25, 0.3) is 0 Å². The molecule has 0 saturated heterocycles. The first-order valence-corrected chi connectivity index (χ1v) is 11.2. The van der Waals surface area contributed by atoms with Crippen LogP contribution in [0.3, 0.4) is 0 Å². The molecule has 7 nitrogen and oxygen atoms in total. The summed E-state index contributed by atoms with van der Waals surface area (Å²) in [6.45, 7) is 5.43. The summed E-state index contributed by atoms with van der Waals surface area (Å²) in [6.07, 6.45) is 0. The molecule has 0 unspecified atom stereocenters. The highest BCUT2D eigenvalue weighted by Crippen LogP contribution is 2.24. The van der Waals surface area contributed by atoms with Crippen LogP contribution in [0.5, 0.6) is 5.75 Å². The van der Waals surface area contributed by atoms with E-state index in [1.54, 1.807) is 38.1 Å². The lowest BCUT2D eigenvalue weighted by Gasteiger charge is -2.19. The average molecular weight is 454 g/mol. The summed E-state index contributed by atoms with van der Waals surface area (Å²) in [5, 5.41) is 0.0846. The number of esters is 1. The number of ether oxygens (including phenoxy) is 2. The van der Waals surface area contributed by atoms with E-state index in [1.807, 2.05) is 0 Å². The van der Waals surface area contributed by atoms with E-state index in [0.29, 0.717) is 24.4 Å². The van der Waals surface area contributed by atoms with Crippen molar-refractivity contribution in [3.8, 4) is 5.75 Å². The summed E-state index contributed by atoms with van der Waals surface area (Å²) in [5.74, 6) is -0.507. The minimum atomic E-state index is -3.74. The van der Waals surface area contributed by atoms with E-state index >= 15 is 0 Å². The van der Waals surface area contributed by atoms with Crippen molar-refractivity contribution in [2.24, 2.45) is 0 Å². The lowest BCUT2D eigenvalue weighted by molar-refractivity contribution is 0.0449. The van der Waals surface area contributed by atoms with E-state index in [1.165, 1.54) is 29.4 Å². The number of rotatable bonds is 10. The van der Waals surface area contributed by atoms with Crippen LogP contribution >= 0.6 is 11.6 Å². The molecule has 9 heteroatoms. The smallest absolute Gasteiger partial charge is 0.339 e. The number of nitrogens with zero attached hydrogens (tertiary/aromatic N) is 1. The summed E-state index contributed by atoms with van der Waals surface area (Å²) < 4.78 is 37.3. The molecule has 0 aliphatic heterocycles. The summed E-state index contributed by atoms with van der Waals surface area (Å²) in [7, 11) is -3.74. The first-order valence-electron chi connectivity index (χ1n) is 9.41. The van der Waals surface area contributed by atoms with Gasteiger partial charge in [0.1, 0.15) is 19.0 Å². The average Bonchev–Trinajstić information content (AvgIpc) is 2.72. The normalized spacial score (nSPS) is 11.4. The molecule has 2 rings (SSSR count). The molecule has 0 atom stereocenters. The number of carbonyl (C=O) groups is 2. The van der Waals surface area contributed by atoms with Crippen molar-refractivity contribution in [3.05, 3.63) is 58.6 Å². The summed E-state index contributed by atoms with van der Waals surface area (Å²) in [4.78, 5) is 24.0. The van der Waals surface area contributed by atoms with Gasteiger partial charge < -0.3 is 9.47 Å². The molecule has 0 spiro atoms. The molecule has 2 aromatic carbocycles. The number of carbonyl (C=O) groups excluding carboxylic acids is 2. The van der Waals surface area contributed by atoms with Gasteiger partial charge in [-0.2, -0.15) is 4.31 Å². The van der Waals surface area contributed by atoms with E-state index in [9.17, 15) is 18.0 Å². The third kappa shape index (κ3) is 5.59. The lowest BCUT2D eigenvalue weighted by atomic mass is 10.1. The Balaban J connectivity index is 2.07. The minimum Gasteiger partial charge on any atom is -0.489 e. The number of sulfonamides is 1. The maximum atomic E-state index is 12.7. The second-order valence-electron chi connectivity index (χ2n) is 6.27. The van der Waals surface area contributed by atoms with Crippen LogP contribution < -0.4 is 4.74 Å². The van der Waals surface area contributed by atoms with Gasteiger partial charge >= 0.3 is 5.97 Å². The highest BCUT2D eigenvalue weighted by Gasteiger charge is 2.24. The van der Waals surface area contributed by atoms with Crippen molar-refractivity contribution < 1.29 is 27.5 Å². The minimum absolute atomic E-state index is 0.0189. The molecule has 0 N–H and O–H groups in total. The Hall–Kier alpha value is -2.42. The number of halogens is 1. The predicted octanol–water partition coefficient (Wildman–Crippen LogP) is 3.81. The summed E-state index contributed by atoms with van der Waals surface area (Å²) >= 11 is 6.07. The van der Waals surface area contributed by atoms with Crippen molar-refractivity contribution in [1.29, 1.82) is 0 Å². The van der Waals surface area contributed by atoms with Crippen molar-refractivity contribution in [2.45, 2.75) is 25.7 Å². The molecular formula is C21H24ClNO6S. The Labute approximate surface area is 181 Å². The SMILES string of the molecule is CCN(CC)S(=O)(=O)c1ccc(Cl)c(C(=O)OCCOc2ccccc2C(C)=O)c1. The van der Waals surface area contributed by atoms with Gasteiger partial charge in [-0.25, -0.2) is 13.2 Å². The fourth-order valence-corrected chi connectivity index (χ4v) is 4.46. The van der Waals surface area contributed by atoms with Crippen molar-refractivity contribution in [3.63, 3.8) is 0 Å². The Morgan fingerprint density at radius 2 is 1.67 bits per heavy atom. The molecule has 0 aromatic heterocycles. The number of para-hydroxylation sites is 1. The quantitative estimate of drug-likeness (QED) is 0.308. The zero-order valence-corrected chi connectivity index (χ0v) is 18.6. The van der Waals surface area contributed by atoms with E-state index < -0.39 is 16.0 Å². The fraction of sp³-hybridized carbons (Fsp3) is 0.333. The van der Waals surface area contributed by atoms with Crippen LogP contribution in [0.25, 0.3) is 0 Å². The molecule has 0 amide bonds. The molecule has 0 heterocycles. The van der Waals surface area contributed by atoms with E-state index in [0.717, 1.165) is 0 Å². The molecule has 0 aliphatic rings. The zero-order valence-electron chi connectivity index (χ0n) is 17.1. The van der Waals surface area contributed by atoms with Crippen LogP contribution in [0.4, 0.5) is 0 Å². The maximum absolute atomic E-state index is 12.7. The van der Waals surface area contributed by atoms with Gasteiger partial charge in [-0.1, -0.05) is 37.6 Å². The number of hydrogen-bond donors (Lipinski definition) is 0. The van der Waals surface area contributed by atoms with Gasteiger partial charge in [-0.05, 0) is 37.3 Å². The second kappa shape index (κ2) is 10.6. The van der Waals surface area contributed by atoms with Crippen molar-refractivity contribution in [2.75, 3.05) is 26.3 Å². The van der Waals surface area contributed by atoms with Crippen LogP contribution in [0.1, 0.15) is 41.5 Å². The monoisotopic (exact) mass is 453 g/mol. The van der Waals surface area contributed by atoms with Gasteiger partial charge in [0, 0.05) is 13.1 Å². The Morgan fingerprint density at radius 1 is 1.00 bits per heavy atom. The number of benzene rings is 2. The number of hydrogen-bond acceptors (Lipinski definition) is 6. The molecule has 0 radical (unpaired) electrons. The largest absolute Gasteiger partial charge is 0.489 e. The molecule has 0 fully saturated rings. The molecule has 0 saturated carbocycles. The first kappa shape index (κ1) is 23.9. The van der Waals surface area contributed by atoms with E-state index in [4.69, 9.17) is 21.1 Å². The molecule has 0 bridgehead atoms. The van der Waals surface area contributed by atoms with E-state index in [-0.39, 0.29) is 34.5 Å². The zero-order chi connectivity index (χ0) is 22.3. The second-order valence-corrected chi connectivity index (χ2v) is 8.61. The summed E-state index contributed by atoms with van der Waals surface area (Å²) in [5.41, 5.74) is 0.384. The number of Topliss-reactive ketones (excluding diaryl/α,β-unsaturated/α-hetero) is 1. The van der Waals surface area contributed by atoms with Crippen LogP contribution in [0.15, 0.2) is 47.4 Å². The van der Waals surface area contributed by atoms with Gasteiger partial charge in [0.05, 0.1) is 21.0 Å². The Bertz CT molecular complexity index is 1020. The third-order valence-electron chi connectivity index (χ3n) is 4.34.